The van der Waals surface area contributed by atoms with Gasteiger partial charge in [0.15, 0.2) is 0 Å². The summed E-state index contributed by atoms with van der Waals surface area (Å²) in [6, 6.07) is 3.49. The average Bonchev–Trinajstić information content (AvgIpc) is 2.99. The van der Waals surface area contributed by atoms with Crippen molar-refractivity contribution in [3.8, 4) is 0 Å². The van der Waals surface area contributed by atoms with Crippen molar-refractivity contribution in [1.29, 1.82) is 0 Å². The van der Waals surface area contributed by atoms with E-state index in [-0.39, 0.29) is 18.5 Å². The van der Waals surface area contributed by atoms with E-state index in [0.29, 0.717) is 19.6 Å². The van der Waals surface area contributed by atoms with Gasteiger partial charge in [-0.15, -0.1) is 11.3 Å². The first kappa shape index (κ1) is 12.1. The van der Waals surface area contributed by atoms with Gasteiger partial charge in [0, 0.05) is 17.9 Å². The zero-order chi connectivity index (χ0) is 12.8. The van der Waals surface area contributed by atoms with Crippen LogP contribution in [0.3, 0.4) is 0 Å². The second-order valence-corrected chi connectivity index (χ2v) is 6.96. The van der Waals surface area contributed by atoms with E-state index >= 15 is 0 Å². The fraction of sp³-hybridized carbons (Fsp3) is 0.455. The molecule has 1 spiro atoms. The van der Waals surface area contributed by atoms with E-state index in [2.05, 4.69) is 21.2 Å². The molecule has 2 fully saturated rings. The molecule has 1 aromatic heterocycles. The van der Waals surface area contributed by atoms with Crippen molar-refractivity contribution in [1.82, 2.24) is 10.2 Å². The number of rotatable bonds is 2. The van der Waals surface area contributed by atoms with Crippen molar-refractivity contribution in [3.63, 3.8) is 0 Å². The van der Waals surface area contributed by atoms with Crippen LogP contribution in [-0.4, -0.2) is 35.6 Å². The van der Waals surface area contributed by atoms with Crippen LogP contribution in [0.2, 0.25) is 0 Å². The predicted octanol–water partition coefficient (Wildman–Crippen LogP) is 1.72. The first-order chi connectivity index (χ1) is 8.61. The fourth-order valence-electron chi connectivity index (χ4n) is 2.24. The highest BCUT2D eigenvalue weighted by Gasteiger charge is 2.53. The van der Waals surface area contributed by atoms with Crippen LogP contribution in [0.4, 0.5) is 4.79 Å². The molecule has 2 saturated heterocycles. The number of imide groups is 1. The minimum Gasteiger partial charge on any atom is -0.378 e. The first-order valence-electron chi connectivity index (χ1n) is 5.57. The number of amides is 3. The van der Waals surface area contributed by atoms with E-state index in [1.54, 1.807) is 0 Å². The van der Waals surface area contributed by atoms with E-state index < -0.39 is 5.54 Å². The van der Waals surface area contributed by atoms with Crippen molar-refractivity contribution < 1.29 is 14.3 Å². The average molecular weight is 331 g/mol. The summed E-state index contributed by atoms with van der Waals surface area (Å²) < 4.78 is 6.23. The Balaban J connectivity index is 1.80. The maximum absolute atomic E-state index is 12.3. The van der Waals surface area contributed by atoms with Gasteiger partial charge in [-0.3, -0.25) is 9.69 Å². The number of carbonyl (C=O) groups excluding carboxylic acids is 2. The van der Waals surface area contributed by atoms with Gasteiger partial charge in [-0.1, -0.05) is 0 Å². The number of ether oxygens (including phenoxy) is 1. The Kier molecular flexibility index (Phi) is 2.91. The Morgan fingerprint density at radius 3 is 2.94 bits per heavy atom. The number of thiophene rings is 1. The molecule has 1 N–H and O–H groups in total. The zero-order valence-corrected chi connectivity index (χ0v) is 11.8. The molecule has 1 atom stereocenters. The minimum atomic E-state index is -0.814. The van der Waals surface area contributed by atoms with E-state index in [9.17, 15) is 9.59 Å². The quantitative estimate of drug-likeness (QED) is 0.840. The van der Waals surface area contributed by atoms with Gasteiger partial charge in [-0.25, -0.2) is 4.79 Å². The zero-order valence-electron chi connectivity index (χ0n) is 9.44. The number of hydrogen-bond acceptors (Lipinski definition) is 4. The monoisotopic (exact) mass is 330 g/mol. The minimum absolute atomic E-state index is 0.172. The fourth-order valence-corrected chi connectivity index (χ4v) is 3.72. The van der Waals surface area contributed by atoms with Crippen LogP contribution in [0.5, 0.6) is 0 Å². The summed E-state index contributed by atoms with van der Waals surface area (Å²) in [5.41, 5.74) is -0.814. The molecule has 1 unspecified atom stereocenters. The van der Waals surface area contributed by atoms with Gasteiger partial charge >= 0.3 is 6.03 Å². The molecule has 3 rings (SSSR count). The third-order valence-electron chi connectivity index (χ3n) is 3.21. The molecule has 0 bridgehead atoms. The van der Waals surface area contributed by atoms with Crippen molar-refractivity contribution in [3.05, 3.63) is 20.8 Å². The van der Waals surface area contributed by atoms with Gasteiger partial charge in [0.25, 0.3) is 5.91 Å². The molecule has 2 aliphatic heterocycles. The summed E-state index contributed by atoms with van der Waals surface area (Å²) in [6.45, 7) is 1.12. The number of carbonyl (C=O) groups is 2. The largest absolute Gasteiger partial charge is 0.378 e. The number of halogens is 1. The third kappa shape index (κ3) is 1.86. The van der Waals surface area contributed by atoms with Gasteiger partial charge < -0.3 is 10.1 Å². The van der Waals surface area contributed by atoms with Crippen molar-refractivity contribution in [2.75, 3.05) is 13.2 Å². The standard InChI is InChI=1S/C11H11BrN2O3S/c12-8-2-1-7(18-8)5-14-9(15)11(13-10(14)16)3-4-17-6-11/h1-2H,3-6H2,(H,13,16). The Morgan fingerprint density at radius 1 is 1.50 bits per heavy atom. The summed E-state index contributed by atoms with van der Waals surface area (Å²) in [4.78, 5) is 26.4. The summed E-state index contributed by atoms with van der Waals surface area (Å²) in [5.74, 6) is -0.172. The second-order valence-electron chi connectivity index (χ2n) is 4.41. The van der Waals surface area contributed by atoms with Crippen LogP contribution in [0.1, 0.15) is 11.3 Å². The van der Waals surface area contributed by atoms with E-state index in [0.717, 1.165) is 8.66 Å². The summed E-state index contributed by atoms with van der Waals surface area (Å²) in [6.07, 6.45) is 0.558. The molecule has 2 aliphatic rings. The van der Waals surface area contributed by atoms with Gasteiger partial charge in [0.05, 0.1) is 16.9 Å². The Morgan fingerprint density at radius 2 is 2.33 bits per heavy atom. The maximum Gasteiger partial charge on any atom is 0.325 e. The highest BCUT2D eigenvalue weighted by atomic mass is 79.9. The smallest absolute Gasteiger partial charge is 0.325 e. The van der Waals surface area contributed by atoms with Gasteiger partial charge in [0.2, 0.25) is 0 Å². The topological polar surface area (TPSA) is 58.6 Å². The molecule has 18 heavy (non-hydrogen) atoms. The molecule has 0 aliphatic carbocycles. The van der Waals surface area contributed by atoms with Crippen LogP contribution in [0, 0.1) is 0 Å². The van der Waals surface area contributed by atoms with Crippen LogP contribution in [0.25, 0.3) is 0 Å². The van der Waals surface area contributed by atoms with Crippen molar-refractivity contribution >= 4 is 39.2 Å². The molecule has 96 valence electrons. The summed E-state index contributed by atoms with van der Waals surface area (Å²) >= 11 is 4.89. The molecule has 1 aromatic rings. The molecule has 3 amide bonds. The lowest BCUT2D eigenvalue weighted by molar-refractivity contribution is -0.131. The lowest BCUT2D eigenvalue weighted by Crippen LogP contribution is -2.47. The van der Waals surface area contributed by atoms with E-state index in [1.807, 2.05) is 12.1 Å². The molecule has 5 nitrogen and oxygen atoms in total. The summed E-state index contributed by atoms with van der Waals surface area (Å²) in [7, 11) is 0. The summed E-state index contributed by atoms with van der Waals surface area (Å²) in [5, 5.41) is 2.76. The number of urea groups is 1. The Bertz CT molecular complexity index is 510. The van der Waals surface area contributed by atoms with Gasteiger partial charge in [0.1, 0.15) is 5.54 Å². The highest BCUT2D eigenvalue weighted by Crippen LogP contribution is 2.30. The van der Waals surface area contributed by atoms with E-state index in [4.69, 9.17) is 4.74 Å². The Labute approximate surface area is 116 Å². The van der Waals surface area contributed by atoms with E-state index in [1.165, 1.54) is 16.2 Å². The highest BCUT2D eigenvalue weighted by molar-refractivity contribution is 9.11. The number of nitrogens with one attached hydrogen (secondary N) is 1. The van der Waals surface area contributed by atoms with Crippen LogP contribution in [-0.2, 0) is 16.1 Å². The van der Waals surface area contributed by atoms with Crippen LogP contribution in [0.15, 0.2) is 15.9 Å². The number of nitrogens with zero attached hydrogens (tertiary/aromatic N) is 1. The second kappa shape index (κ2) is 4.32. The van der Waals surface area contributed by atoms with Crippen molar-refractivity contribution in [2.24, 2.45) is 0 Å². The van der Waals surface area contributed by atoms with Crippen LogP contribution < -0.4 is 5.32 Å². The maximum atomic E-state index is 12.3. The lowest BCUT2D eigenvalue weighted by Gasteiger charge is -2.17. The molecule has 7 heteroatoms. The predicted molar refractivity (Wildman–Crippen MR) is 69.3 cm³/mol. The first-order valence-corrected chi connectivity index (χ1v) is 7.18. The normalized spacial score (nSPS) is 27.3. The van der Waals surface area contributed by atoms with Crippen molar-refractivity contribution in [2.45, 2.75) is 18.5 Å². The van der Waals surface area contributed by atoms with Gasteiger partial charge in [-0.2, -0.15) is 0 Å². The molecular weight excluding hydrogens is 320 g/mol. The van der Waals surface area contributed by atoms with Crippen LogP contribution >= 0.6 is 27.3 Å². The molecule has 3 heterocycles. The lowest BCUT2D eigenvalue weighted by atomic mass is 9.99. The van der Waals surface area contributed by atoms with Gasteiger partial charge in [-0.05, 0) is 28.1 Å². The molecule has 0 aromatic carbocycles. The third-order valence-corrected chi connectivity index (χ3v) is 4.82. The molecular formula is C11H11BrN2O3S. The molecule has 0 saturated carbocycles. The molecule has 0 radical (unpaired) electrons. The SMILES string of the molecule is O=C1NC2(CCOC2)C(=O)N1Cc1ccc(Br)s1. The Hall–Kier alpha value is -0.920. The number of hydrogen-bond donors (Lipinski definition) is 1.